The van der Waals surface area contributed by atoms with Crippen molar-refractivity contribution in [1.29, 1.82) is 0 Å². The lowest BCUT2D eigenvalue weighted by molar-refractivity contribution is 0.0991. The Kier molecular flexibility index (Phi) is 8.53. The molecule has 0 atom stereocenters. The van der Waals surface area contributed by atoms with Crippen molar-refractivity contribution in [2.24, 2.45) is 0 Å². The van der Waals surface area contributed by atoms with Gasteiger partial charge in [0, 0.05) is 41.9 Å². The van der Waals surface area contributed by atoms with Crippen LogP contribution in [-0.2, 0) is 0 Å². The van der Waals surface area contributed by atoms with Crippen molar-refractivity contribution >= 4 is 67.9 Å². The van der Waals surface area contributed by atoms with Crippen LogP contribution in [0.4, 0.5) is 11.4 Å². The third-order valence-electron chi connectivity index (χ3n) is 6.39. The molecule has 202 valence electrons. The number of aromatic nitrogens is 2. The molecule has 0 aliphatic rings. The Labute approximate surface area is 247 Å². The maximum absolute atomic E-state index is 12.6. The van der Waals surface area contributed by atoms with Gasteiger partial charge in [0.1, 0.15) is 10.3 Å². The fraction of sp³-hybridized carbons (Fsp3) is 0.0303. The molecule has 0 saturated heterocycles. The number of nitrogens with zero attached hydrogens (tertiary/aromatic N) is 3. The molecule has 2 aromatic heterocycles. The lowest BCUT2D eigenvalue weighted by Crippen LogP contribution is -2.26. The van der Waals surface area contributed by atoms with E-state index in [4.69, 9.17) is 23.2 Å². The van der Waals surface area contributed by atoms with Crippen molar-refractivity contribution in [2.45, 2.75) is 0 Å². The number of nitrogens with one attached hydrogen (secondary N) is 1. The first-order chi connectivity index (χ1) is 19.9. The van der Waals surface area contributed by atoms with Gasteiger partial charge in [0.15, 0.2) is 0 Å². The second-order valence-corrected chi connectivity index (χ2v) is 9.92. The number of anilines is 2. The largest absolute Gasteiger partial charge is 0.322 e. The van der Waals surface area contributed by atoms with E-state index in [1.807, 2.05) is 78.9 Å². The summed E-state index contributed by atoms with van der Waals surface area (Å²) >= 11 is 11.7. The molecule has 0 aliphatic carbocycles. The highest BCUT2D eigenvalue weighted by atomic mass is 35.5. The summed E-state index contributed by atoms with van der Waals surface area (Å²) in [5.74, 6) is -0.249. The van der Waals surface area contributed by atoms with Gasteiger partial charge in [-0.1, -0.05) is 83.9 Å². The number of benzene rings is 4. The number of carbonyl (C=O) groups is 2. The Balaban J connectivity index is 0.000000165. The summed E-state index contributed by atoms with van der Waals surface area (Å²) in [5, 5.41) is 7.82. The second-order valence-electron chi connectivity index (χ2n) is 9.15. The lowest BCUT2D eigenvalue weighted by atomic mass is 10.1. The van der Waals surface area contributed by atoms with Crippen LogP contribution in [0.1, 0.15) is 20.7 Å². The van der Waals surface area contributed by atoms with Crippen molar-refractivity contribution in [3.63, 3.8) is 0 Å². The summed E-state index contributed by atoms with van der Waals surface area (Å²) in [6, 6.07) is 33.9. The molecular formula is C33H24Cl2N4O2. The van der Waals surface area contributed by atoms with Crippen LogP contribution < -0.4 is 10.2 Å². The van der Waals surface area contributed by atoms with Crippen molar-refractivity contribution in [1.82, 2.24) is 9.97 Å². The molecule has 0 fully saturated rings. The Morgan fingerprint density at radius 3 is 1.78 bits per heavy atom. The standard InChI is InChI=1S/C17H13ClN2O.C16H11ClN2O/c1-20(15-8-9-19-16(18)11-15)17(21)14-7-6-12-4-2-3-5-13(12)10-14;17-15-10-14(7-8-18-15)19-16(20)13-6-5-11-3-1-2-4-12(11)9-13/h2-11H,1H3;1-10H,(H,18,19,20). The van der Waals surface area contributed by atoms with E-state index < -0.39 is 0 Å². The van der Waals surface area contributed by atoms with Crippen molar-refractivity contribution in [2.75, 3.05) is 17.3 Å². The van der Waals surface area contributed by atoms with Gasteiger partial charge in [0.2, 0.25) is 0 Å². The molecule has 2 heterocycles. The van der Waals surface area contributed by atoms with Gasteiger partial charge in [-0.3, -0.25) is 9.59 Å². The maximum atomic E-state index is 12.6. The second kappa shape index (κ2) is 12.6. The minimum Gasteiger partial charge on any atom is -0.322 e. The molecule has 41 heavy (non-hydrogen) atoms. The Bertz CT molecular complexity index is 1880. The van der Waals surface area contributed by atoms with E-state index in [1.165, 1.54) is 0 Å². The minimum atomic E-state index is -0.169. The highest BCUT2D eigenvalue weighted by Gasteiger charge is 2.14. The van der Waals surface area contributed by atoms with Crippen LogP contribution in [0.25, 0.3) is 21.5 Å². The summed E-state index contributed by atoms with van der Waals surface area (Å²) in [5.41, 5.74) is 2.59. The summed E-state index contributed by atoms with van der Waals surface area (Å²) in [6.07, 6.45) is 3.14. The zero-order valence-electron chi connectivity index (χ0n) is 22.0. The third-order valence-corrected chi connectivity index (χ3v) is 6.81. The van der Waals surface area contributed by atoms with E-state index in [1.54, 1.807) is 54.7 Å². The first-order valence-electron chi connectivity index (χ1n) is 12.7. The summed E-state index contributed by atoms with van der Waals surface area (Å²) in [6.45, 7) is 0. The van der Waals surface area contributed by atoms with Crippen molar-refractivity contribution < 1.29 is 9.59 Å². The van der Waals surface area contributed by atoms with Gasteiger partial charge >= 0.3 is 0 Å². The van der Waals surface area contributed by atoms with Gasteiger partial charge in [-0.2, -0.15) is 0 Å². The average Bonchev–Trinajstić information content (AvgIpc) is 3.00. The van der Waals surface area contributed by atoms with Crippen LogP contribution in [0.3, 0.4) is 0 Å². The first kappa shape index (κ1) is 27.8. The molecule has 2 amide bonds. The van der Waals surface area contributed by atoms with Crippen molar-refractivity contribution in [3.05, 3.63) is 143 Å². The lowest BCUT2D eigenvalue weighted by Gasteiger charge is -2.17. The fourth-order valence-electron chi connectivity index (χ4n) is 4.25. The van der Waals surface area contributed by atoms with Crippen LogP contribution in [0, 0.1) is 0 Å². The van der Waals surface area contributed by atoms with Gasteiger partial charge in [-0.25, -0.2) is 9.97 Å². The van der Waals surface area contributed by atoms with Gasteiger partial charge in [-0.05, 0) is 70.1 Å². The average molecular weight is 579 g/mol. The number of hydrogen-bond donors (Lipinski definition) is 1. The molecule has 8 heteroatoms. The zero-order valence-corrected chi connectivity index (χ0v) is 23.5. The van der Waals surface area contributed by atoms with E-state index >= 15 is 0 Å². The summed E-state index contributed by atoms with van der Waals surface area (Å²) in [7, 11) is 1.73. The molecule has 0 saturated carbocycles. The fourth-order valence-corrected chi connectivity index (χ4v) is 4.59. The van der Waals surface area contributed by atoms with Crippen LogP contribution in [-0.4, -0.2) is 28.8 Å². The van der Waals surface area contributed by atoms with Crippen LogP contribution in [0.2, 0.25) is 10.3 Å². The predicted molar refractivity (Wildman–Crippen MR) is 167 cm³/mol. The molecule has 1 N–H and O–H groups in total. The predicted octanol–water partition coefficient (Wildman–Crippen LogP) is 8.31. The maximum Gasteiger partial charge on any atom is 0.258 e. The van der Waals surface area contributed by atoms with Crippen LogP contribution in [0.15, 0.2) is 122 Å². The Morgan fingerprint density at radius 2 is 1.17 bits per heavy atom. The molecule has 6 rings (SSSR count). The van der Waals surface area contributed by atoms with E-state index in [-0.39, 0.29) is 11.8 Å². The van der Waals surface area contributed by atoms with Crippen molar-refractivity contribution in [3.8, 4) is 0 Å². The number of carbonyl (C=O) groups excluding carboxylic acids is 2. The molecule has 0 aliphatic heterocycles. The van der Waals surface area contributed by atoms with Gasteiger partial charge in [0.05, 0.1) is 0 Å². The van der Waals surface area contributed by atoms with E-state index in [0.29, 0.717) is 32.8 Å². The highest BCUT2D eigenvalue weighted by Crippen LogP contribution is 2.21. The van der Waals surface area contributed by atoms with Gasteiger partial charge < -0.3 is 10.2 Å². The monoisotopic (exact) mass is 578 g/mol. The molecule has 6 nitrogen and oxygen atoms in total. The topological polar surface area (TPSA) is 75.2 Å². The number of pyridine rings is 2. The summed E-state index contributed by atoms with van der Waals surface area (Å²) in [4.78, 5) is 34.1. The highest BCUT2D eigenvalue weighted by molar-refractivity contribution is 6.30. The van der Waals surface area contributed by atoms with Crippen LogP contribution in [0.5, 0.6) is 0 Å². The minimum absolute atomic E-state index is 0.0805. The zero-order chi connectivity index (χ0) is 28.8. The molecular weight excluding hydrogens is 555 g/mol. The number of rotatable bonds is 4. The van der Waals surface area contributed by atoms with Gasteiger partial charge in [-0.15, -0.1) is 0 Å². The Hall–Kier alpha value is -4.78. The summed E-state index contributed by atoms with van der Waals surface area (Å²) < 4.78 is 0. The molecule has 0 radical (unpaired) electrons. The smallest absolute Gasteiger partial charge is 0.258 e. The molecule has 0 bridgehead atoms. The number of hydrogen-bond acceptors (Lipinski definition) is 4. The van der Waals surface area contributed by atoms with Crippen LogP contribution >= 0.6 is 23.2 Å². The van der Waals surface area contributed by atoms with Gasteiger partial charge in [0.25, 0.3) is 11.8 Å². The normalized spacial score (nSPS) is 10.5. The van der Waals surface area contributed by atoms with E-state index in [0.717, 1.165) is 21.5 Å². The van der Waals surface area contributed by atoms with E-state index in [9.17, 15) is 9.59 Å². The molecule has 6 aromatic rings. The molecule has 0 unspecified atom stereocenters. The third kappa shape index (κ3) is 6.87. The van der Waals surface area contributed by atoms with E-state index in [2.05, 4.69) is 15.3 Å². The molecule has 4 aromatic carbocycles. The number of amides is 2. The molecule has 0 spiro atoms. The quantitative estimate of drug-likeness (QED) is 0.213. The first-order valence-corrected chi connectivity index (χ1v) is 13.4. The number of halogens is 2. The number of fused-ring (bicyclic) bond motifs is 2. The Morgan fingerprint density at radius 1 is 0.634 bits per heavy atom. The SMILES string of the molecule is CN(C(=O)c1ccc2ccccc2c1)c1ccnc(Cl)c1.O=C(Nc1ccnc(Cl)c1)c1ccc2ccccc2c1.